The fourth-order valence-corrected chi connectivity index (χ4v) is 1.55. The molecule has 0 amide bonds. The average molecular weight is 193 g/mol. The average Bonchev–Trinajstić information content (AvgIpc) is 2.20. The molecule has 2 heteroatoms. The SMILES string of the molecule is CCN(CC)[n+]1cccc(C(C)C)c1. The van der Waals surface area contributed by atoms with Gasteiger partial charge in [-0.2, -0.15) is 5.01 Å². The summed E-state index contributed by atoms with van der Waals surface area (Å²) in [5, 5.41) is 2.30. The number of pyridine rings is 1. The van der Waals surface area contributed by atoms with E-state index in [4.69, 9.17) is 0 Å². The summed E-state index contributed by atoms with van der Waals surface area (Å²) in [5.74, 6) is 0.595. The van der Waals surface area contributed by atoms with Crippen LogP contribution in [0, 0.1) is 0 Å². The van der Waals surface area contributed by atoms with Gasteiger partial charge in [-0.3, -0.25) is 0 Å². The molecule has 0 spiro atoms. The van der Waals surface area contributed by atoms with Crippen molar-refractivity contribution in [1.82, 2.24) is 0 Å². The lowest BCUT2D eigenvalue weighted by atomic mass is 10.1. The van der Waals surface area contributed by atoms with Crippen LogP contribution in [0.15, 0.2) is 24.5 Å². The molecule has 0 aliphatic rings. The van der Waals surface area contributed by atoms with Crippen LogP contribution in [0.3, 0.4) is 0 Å². The van der Waals surface area contributed by atoms with Crippen LogP contribution < -0.4 is 9.69 Å². The van der Waals surface area contributed by atoms with Gasteiger partial charge in [0.1, 0.15) is 0 Å². The Kier molecular flexibility index (Phi) is 3.93. The molecule has 0 saturated carbocycles. The van der Waals surface area contributed by atoms with Gasteiger partial charge >= 0.3 is 0 Å². The van der Waals surface area contributed by atoms with Gasteiger partial charge in [0.15, 0.2) is 6.20 Å². The van der Waals surface area contributed by atoms with E-state index in [1.807, 2.05) is 0 Å². The monoisotopic (exact) mass is 193 g/mol. The van der Waals surface area contributed by atoms with Crippen LogP contribution in [-0.2, 0) is 0 Å². The van der Waals surface area contributed by atoms with Crippen LogP contribution in [0.25, 0.3) is 0 Å². The summed E-state index contributed by atoms with van der Waals surface area (Å²) in [6.07, 6.45) is 4.33. The summed E-state index contributed by atoms with van der Waals surface area (Å²) < 4.78 is 2.19. The van der Waals surface area contributed by atoms with Crippen molar-refractivity contribution in [3.05, 3.63) is 30.1 Å². The third-order valence-electron chi connectivity index (χ3n) is 2.53. The van der Waals surface area contributed by atoms with E-state index in [1.165, 1.54) is 5.56 Å². The summed E-state index contributed by atoms with van der Waals surface area (Å²) >= 11 is 0. The second-order valence-electron chi connectivity index (χ2n) is 3.81. The van der Waals surface area contributed by atoms with Gasteiger partial charge in [-0.1, -0.05) is 18.5 Å². The molecular formula is C12H21N2+. The molecule has 1 aromatic heterocycles. The van der Waals surface area contributed by atoms with Crippen molar-refractivity contribution in [2.75, 3.05) is 18.1 Å². The summed E-state index contributed by atoms with van der Waals surface area (Å²) in [4.78, 5) is 0. The van der Waals surface area contributed by atoms with E-state index < -0.39 is 0 Å². The lowest BCUT2D eigenvalue weighted by Crippen LogP contribution is -2.57. The van der Waals surface area contributed by atoms with E-state index in [0.717, 1.165) is 13.1 Å². The summed E-state index contributed by atoms with van der Waals surface area (Å²) in [6, 6.07) is 4.30. The lowest BCUT2D eigenvalue weighted by molar-refractivity contribution is -0.693. The maximum atomic E-state index is 2.30. The van der Waals surface area contributed by atoms with E-state index in [0.29, 0.717) is 5.92 Å². The first-order valence-electron chi connectivity index (χ1n) is 5.45. The third kappa shape index (κ3) is 2.47. The summed E-state index contributed by atoms with van der Waals surface area (Å²) in [6.45, 7) is 10.9. The molecule has 0 saturated heterocycles. The first-order valence-corrected chi connectivity index (χ1v) is 5.45. The fraction of sp³-hybridized carbons (Fsp3) is 0.583. The van der Waals surface area contributed by atoms with Crippen LogP contribution >= 0.6 is 0 Å². The molecule has 0 aromatic carbocycles. The Hall–Kier alpha value is -1.05. The molecule has 0 radical (unpaired) electrons. The van der Waals surface area contributed by atoms with Crippen LogP contribution in [0.4, 0.5) is 0 Å². The first-order chi connectivity index (χ1) is 6.69. The molecule has 0 unspecified atom stereocenters. The highest BCUT2D eigenvalue weighted by atomic mass is 15.5. The maximum Gasteiger partial charge on any atom is 0.203 e. The minimum Gasteiger partial charge on any atom is -0.181 e. The highest BCUT2D eigenvalue weighted by Crippen LogP contribution is 2.10. The van der Waals surface area contributed by atoms with Gasteiger partial charge in [-0.15, -0.1) is 0 Å². The zero-order valence-electron chi connectivity index (χ0n) is 9.70. The van der Waals surface area contributed by atoms with E-state index in [-0.39, 0.29) is 0 Å². The molecule has 0 aliphatic carbocycles. The van der Waals surface area contributed by atoms with Gasteiger partial charge in [0.25, 0.3) is 0 Å². The minimum atomic E-state index is 0.595. The second kappa shape index (κ2) is 4.99. The Morgan fingerprint density at radius 1 is 1.29 bits per heavy atom. The molecule has 1 aromatic rings. The minimum absolute atomic E-state index is 0.595. The van der Waals surface area contributed by atoms with Crippen LogP contribution in [-0.4, -0.2) is 13.1 Å². The van der Waals surface area contributed by atoms with Crippen molar-refractivity contribution in [2.24, 2.45) is 0 Å². The second-order valence-corrected chi connectivity index (χ2v) is 3.81. The third-order valence-corrected chi connectivity index (χ3v) is 2.53. The zero-order valence-corrected chi connectivity index (χ0v) is 9.70. The Labute approximate surface area is 87.1 Å². The Morgan fingerprint density at radius 2 is 1.93 bits per heavy atom. The van der Waals surface area contributed by atoms with Crippen LogP contribution in [0.1, 0.15) is 39.2 Å². The highest BCUT2D eigenvalue weighted by molar-refractivity contribution is 5.09. The normalized spacial score (nSPS) is 10.6. The lowest BCUT2D eigenvalue weighted by Gasteiger charge is -2.14. The summed E-state index contributed by atoms with van der Waals surface area (Å²) in [5.41, 5.74) is 1.39. The first kappa shape index (κ1) is 11.0. The van der Waals surface area contributed by atoms with Crippen molar-refractivity contribution in [3.8, 4) is 0 Å². The molecule has 0 atom stereocenters. The van der Waals surface area contributed by atoms with Gasteiger partial charge in [-0.05, 0) is 25.8 Å². The van der Waals surface area contributed by atoms with Crippen molar-refractivity contribution in [3.63, 3.8) is 0 Å². The van der Waals surface area contributed by atoms with E-state index in [2.05, 4.69) is 61.9 Å². The smallest absolute Gasteiger partial charge is 0.181 e. The van der Waals surface area contributed by atoms with E-state index >= 15 is 0 Å². The van der Waals surface area contributed by atoms with Gasteiger partial charge in [-0.25, -0.2) is 0 Å². The van der Waals surface area contributed by atoms with Crippen LogP contribution in [0.5, 0.6) is 0 Å². The van der Waals surface area contributed by atoms with Gasteiger partial charge in [0, 0.05) is 11.6 Å². The van der Waals surface area contributed by atoms with Crippen molar-refractivity contribution in [1.29, 1.82) is 0 Å². The van der Waals surface area contributed by atoms with E-state index in [1.54, 1.807) is 0 Å². The maximum absolute atomic E-state index is 2.30. The Bertz CT molecular complexity index is 277. The molecule has 0 N–H and O–H groups in total. The number of aromatic nitrogens is 1. The number of nitrogens with zero attached hydrogens (tertiary/aromatic N) is 2. The molecule has 0 bridgehead atoms. The van der Waals surface area contributed by atoms with Crippen LogP contribution in [0.2, 0.25) is 0 Å². The molecule has 2 nitrogen and oxygen atoms in total. The Morgan fingerprint density at radius 3 is 2.43 bits per heavy atom. The Balaban J connectivity index is 2.92. The largest absolute Gasteiger partial charge is 0.203 e. The highest BCUT2D eigenvalue weighted by Gasteiger charge is 2.10. The molecular weight excluding hydrogens is 172 g/mol. The quantitative estimate of drug-likeness (QED) is 0.664. The van der Waals surface area contributed by atoms with Gasteiger partial charge in [0.05, 0.1) is 13.1 Å². The molecule has 1 rings (SSSR count). The van der Waals surface area contributed by atoms with Crippen molar-refractivity contribution < 1.29 is 4.68 Å². The topological polar surface area (TPSA) is 7.12 Å². The van der Waals surface area contributed by atoms with Gasteiger partial charge < -0.3 is 0 Å². The number of hydrogen-bond donors (Lipinski definition) is 0. The predicted molar refractivity (Wildman–Crippen MR) is 60.0 cm³/mol. The predicted octanol–water partition coefficient (Wildman–Crippen LogP) is 2.08. The van der Waals surface area contributed by atoms with E-state index in [9.17, 15) is 0 Å². The van der Waals surface area contributed by atoms with Crippen molar-refractivity contribution >= 4 is 0 Å². The van der Waals surface area contributed by atoms with Gasteiger partial charge in [0.2, 0.25) is 6.20 Å². The number of hydrogen-bond acceptors (Lipinski definition) is 1. The molecule has 0 fully saturated rings. The molecule has 1 heterocycles. The molecule has 78 valence electrons. The fourth-order valence-electron chi connectivity index (χ4n) is 1.55. The standard InChI is InChI=1S/C12H21N2/c1-5-13(6-2)14-9-7-8-12(10-14)11(3)4/h7-11H,5-6H2,1-4H3/q+1. The summed E-state index contributed by atoms with van der Waals surface area (Å²) in [7, 11) is 0. The molecule has 0 aliphatic heterocycles. The zero-order chi connectivity index (χ0) is 10.6. The number of rotatable bonds is 4. The van der Waals surface area contributed by atoms with Crippen molar-refractivity contribution in [2.45, 2.75) is 33.6 Å². The molecule has 14 heavy (non-hydrogen) atoms.